The molecule has 0 amide bonds. The average molecular weight is 516 g/mol. The maximum Gasteiger partial charge on any atom is 0.165 e. The molecule has 2 aliphatic rings. The van der Waals surface area contributed by atoms with Gasteiger partial charge in [0.05, 0.1) is 11.3 Å². The Hall–Kier alpha value is -4.07. The number of fused-ring (bicyclic) bond motifs is 1. The molecule has 2 aromatic carbocycles. The Morgan fingerprint density at radius 1 is 0.846 bits per heavy atom. The van der Waals surface area contributed by atoms with Gasteiger partial charge in [-0.2, -0.15) is 0 Å². The van der Waals surface area contributed by atoms with Gasteiger partial charge < -0.3 is 11.1 Å². The predicted octanol–water partition coefficient (Wildman–Crippen LogP) is 5.31. The van der Waals surface area contributed by atoms with Crippen LogP contribution in [0.15, 0.2) is 85.1 Å². The van der Waals surface area contributed by atoms with Crippen molar-refractivity contribution in [2.24, 2.45) is 5.41 Å². The molecule has 7 rings (SSSR count). The van der Waals surface area contributed by atoms with Gasteiger partial charge in [-0.3, -0.25) is 9.47 Å². The van der Waals surface area contributed by atoms with E-state index in [1.165, 1.54) is 51.0 Å². The first-order valence-electron chi connectivity index (χ1n) is 13.9. The molecule has 2 aliphatic heterocycles. The lowest BCUT2D eigenvalue weighted by molar-refractivity contribution is 0.114. The molecule has 3 N–H and O–H groups in total. The van der Waals surface area contributed by atoms with Crippen molar-refractivity contribution in [2.75, 3.05) is 31.9 Å². The maximum absolute atomic E-state index is 6.32. The summed E-state index contributed by atoms with van der Waals surface area (Å²) < 4.78 is 2.11. The van der Waals surface area contributed by atoms with Crippen LogP contribution in [-0.2, 0) is 6.54 Å². The van der Waals surface area contributed by atoms with Gasteiger partial charge in [-0.25, -0.2) is 15.0 Å². The van der Waals surface area contributed by atoms with E-state index in [0.717, 1.165) is 46.0 Å². The highest BCUT2D eigenvalue weighted by Crippen LogP contribution is 2.37. The molecule has 0 radical (unpaired) electrons. The van der Waals surface area contributed by atoms with E-state index < -0.39 is 0 Å². The van der Waals surface area contributed by atoms with Crippen LogP contribution in [0.2, 0.25) is 0 Å². The summed E-state index contributed by atoms with van der Waals surface area (Å²) in [5.41, 5.74) is 13.6. The van der Waals surface area contributed by atoms with E-state index in [2.05, 4.69) is 56.2 Å². The minimum absolute atomic E-state index is 0.453. The van der Waals surface area contributed by atoms with E-state index in [1.54, 1.807) is 6.20 Å². The van der Waals surface area contributed by atoms with Crippen LogP contribution in [0.1, 0.15) is 24.8 Å². The number of benzene rings is 2. The zero-order valence-electron chi connectivity index (χ0n) is 22.1. The Labute approximate surface area is 228 Å². The maximum atomic E-state index is 6.32. The lowest BCUT2D eigenvalue weighted by atomic mass is 9.78. The zero-order chi connectivity index (χ0) is 26.2. The highest BCUT2D eigenvalue weighted by Gasteiger charge is 2.36. The number of nitrogens with one attached hydrogen (secondary N) is 1. The molecule has 0 bridgehead atoms. The van der Waals surface area contributed by atoms with E-state index in [4.69, 9.17) is 15.7 Å². The Bertz CT molecular complexity index is 1590. The smallest absolute Gasteiger partial charge is 0.165 e. The number of anilines is 1. The number of rotatable bonds is 5. The molecular formula is C32H33N7. The summed E-state index contributed by atoms with van der Waals surface area (Å²) in [6.45, 7) is 5.70. The molecule has 5 heterocycles. The van der Waals surface area contributed by atoms with Crippen LogP contribution >= 0.6 is 0 Å². The number of nitrogens with two attached hydrogens (primary N) is 1. The van der Waals surface area contributed by atoms with Crippen LogP contribution < -0.4 is 11.1 Å². The number of pyridine rings is 2. The molecule has 7 heteroatoms. The van der Waals surface area contributed by atoms with Crippen molar-refractivity contribution in [3.05, 3.63) is 90.6 Å². The zero-order valence-corrected chi connectivity index (χ0v) is 22.1. The molecule has 0 saturated carbocycles. The van der Waals surface area contributed by atoms with Gasteiger partial charge in [0.15, 0.2) is 11.5 Å². The number of hydrogen-bond acceptors (Lipinski definition) is 6. The molecule has 39 heavy (non-hydrogen) atoms. The van der Waals surface area contributed by atoms with Crippen molar-refractivity contribution in [3.63, 3.8) is 0 Å². The molecule has 2 fully saturated rings. The van der Waals surface area contributed by atoms with Crippen molar-refractivity contribution in [1.82, 2.24) is 29.7 Å². The normalized spacial score (nSPS) is 17.2. The number of likely N-dealkylation sites (tertiary alicyclic amines) is 1. The lowest BCUT2D eigenvalue weighted by Gasteiger charge is -2.38. The second-order valence-corrected chi connectivity index (χ2v) is 11.0. The molecule has 5 aromatic rings. The number of piperidine rings is 1. The van der Waals surface area contributed by atoms with Crippen LogP contribution in [0.5, 0.6) is 0 Å². The van der Waals surface area contributed by atoms with E-state index in [9.17, 15) is 0 Å². The molecule has 7 nitrogen and oxygen atoms in total. The summed E-state index contributed by atoms with van der Waals surface area (Å²) in [7, 11) is 0. The molecule has 196 valence electrons. The van der Waals surface area contributed by atoms with Gasteiger partial charge in [0.25, 0.3) is 0 Å². The van der Waals surface area contributed by atoms with Crippen LogP contribution in [0.4, 0.5) is 5.82 Å². The summed E-state index contributed by atoms with van der Waals surface area (Å²) >= 11 is 0. The summed E-state index contributed by atoms with van der Waals surface area (Å²) in [6.07, 6.45) is 5.63. The molecule has 2 saturated heterocycles. The number of nitrogens with zero attached hydrogens (tertiary/aromatic N) is 5. The molecular weight excluding hydrogens is 482 g/mol. The van der Waals surface area contributed by atoms with Crippen molar-refractivity contribution < 1.29 is 0 Å². The Balaban J connectivity index is 1.23. The van der Waals surface area contributed by atoms with E-state index in [1.807, 2.05) is 42.5 Å². The fraction of sp³-hybridized carbons (Fsp3) is 0.281. The SMILES string of the molecule is Nc1ncccc1-c1nc2ccc(-c3ccccc3)nc2n1-c1ccc(CN2CCC3(CCNC3)CC2)cc1. The Morgan fingerprint density at radius 3 is 2.41 bits per heavy atom. The third-order valence-electron chi connectivity index (χ3n) is 8.50. The van der Waals surface area contributed by atoms with Gasteiger partial charge in [-0.1, -0.05) is 42.5 Å². The fourth-order valence-corrected chi connectivity index (χ4v) is 6.18. The number of hydrogen-bond donors (Lipinski definition) is 2. The Morgan fingerprint density at radius 2 is 1.67 bits per heavy atom. The summed E-state index contributed by atoms with van der Waals surface area (Å²) in [4.78, 5) is 17.0. The van der Waals surface area contributed by atoms with Gasteiger partial charge in [0.2, 0.25) is 0 Å². The van der Waals surface area contributed by atoms with Gasteiger partial charge in [-0.15, -0.1) is 0 Å². The minimum atomic E-state index is 0.453. The molecule has 3 aromatic heterocycles. The molecule has 0 unspecified atom stereocenters. The number of aromatic nitrogens is 4. The third kappa shape index (κ3) is 4.58. The van der Waals surface area contributed by atoms with Crippen LogP contribution in [0, 0.1) is 5.41 Å². The Kier molecular flexibility index (Phi) is 6.10. The predicted molar refractivity (Wildman–Crippen MR) is 156 cm³/mol. The van der Waals surface area contributed by atoms with Gasteiger partial charge in [-0.05, 0) is 86.3 Å². The average Bonchev–Trinajstić information content (AvgIpc) is 3.60. The summed E-state index contributed by atoms with van der Waals surface area (Å²) in [6, 6.07) is 27.0. The first-order valence-corrected chi connectivity index (χ1v) is 13.9. The van der Waals surface area contributed by atoms with Gasteiger partial charge in [0, 0.05) is 30.5 Å². The van der Waals surface area contributed by atoms with E-state index in [0.29, 0.717) is 11.2 Å². The second-order valence-electron chi connectivity index (χ2n) is 11.0. The van der Waals surface area contributed by atoms with Crippen LogP contribution in [-0.4, -0.2) is 50.6 Å². The molecule has 0 aliphatic carbocycles. The summed E-state index contributed by atoms with van der Waals surface area (Å²) in [5.74, 6) is 1.20. The highest BCUT2D eigenvalue weighted by molar-refractivity contribution is 5.84. The number of imidazole rings is 1. The van der Waals surface area contributed by atoms with E-state index >= 15 is 0 Å². The second kappa shape index (κ2) is 9.91. The standard InChI is InChI=1S/C32H33N7/c33-29-26(7-4-17-35-29)30-37-28-13-12-27(24-5-2-1-3-6-24)36-31(28)39(30)25-10-8-23(9-11-25)21-38-19-15-32(16-20-38)14-18-34-22-32/h1-13,17,34H,14-16,18-22H2,(H2,33,35). The molecule has 1 spiro atoms. The monoisotopic (exact) mass is 515 g/mol. The number of nitrogen functional groups attached to an aromatic ring is 1. The fourth-order valence-electron chi connectivity index (χ4n) is 6.18. The minimum Gasteiger partial charge on any atom is -0.383 e. The van der Waals surface area contributed by atoms with Crippen LogP contribution in [0.25, 0.3) is 39.5 Å². The van der Waals surface area contributed by atoms with Crippen LogP contribution in [0.3, 0.4) is 0 Å². The first-order chi connectivity index (χ1) is 19.2. The lowest BCUT2D eigenvalue weighted by Crippen LogP contribution is -2.40. The van der Waals surface area contributed by atoms with Crippen molar-refractivity contribution in [1.29, 1.82) is 0 Å². The first kappa shape index (κ1) is 24.0. The topological polar surface area (TPSA) is 84.9 Å². The van der Waals surface area contributed by atoms with Gasteiger partial charge >= 0.3 is 0 Å². The highest BCUT2D eigenvalue weighted by atomic mass is 15.1. The van der Waals surface area contributed by atoms with Gasteiger partial charge in [0.1, 0.15) is 11.3 Å². The van der Waals surface area contributed by atoms with E-state index in [-0.39, 0.29) is 0 Å². The van der Waals surface area contributed by atoms with Crippen molar-refractivity contribution >= 4 is 17.0 Å². The molecule has 0 atom stereocenters. The quantitative estimate of drug-likeness (QED) is 0.330. The van der Waals surface area contributed by atoms with Crippen molar-refractivity contribution in [3.8, 4) is 28.3 Å². The summed E-state index contributed by atoms with van der Waals surface area (Å²) in [5, 5.41) is 3.57. The van der Waals surface area contributed by atoms with Crippen molar-refractivity contribution in [2.45, 2.75) is 25.8 Å². The largest absolute Gasteiger partial charge is 0.383 e. The third-order valence-corrected chi connectivity index (χ3v) is 8.50.